The third kappa shape index (κ3) is 0.852. The van der Waals surface area contributed by atoms with Crippen molar-refractivity contribution >= 4 is 10.9 Å². The molecule has 0 fully saturated rings. The number of nitrogens with one attached hydrogen (secondary N) is 1. The number of benzene rings is 1. The van der Waals surface area contributed by atoms with Gasteiger partial charge in [0.15, 0.2) is 0 Å². The van der Waals surface area contributed by atoms with Crippen LogP contribution in [0, 0.1) is 6.92 Å². The Labute approximate surface area is 63.7 Å². The van der Waals surface area contributed by atoms with Gasteiger partial charge in [0, 0.05) is 0 Å². The molecule has 1 aromatic carbocycles. The molecule has 11 heavy (non-hydrogen) atoms. The smallest absolute Gasteiger partial charge is 0.126 e. The highest BCUT2D eigenvalue weighted by molar-refractivity contribution is 5.84. The molecule has 0 amide bonds. The second kappa shape index (κ2) is 1.99. The number of hydrogen-bond acceptors (Lipinski definition) is 2. The number of phenols is 1. The van der Waals surface area contributed by atoms with E-state index in [4.69, 9.17) is 0 Å². The molecule has 2 rings (SSSR count). The normalized spacial score (nSPS) is 10.6. The lowest BCUT2D eigenvalue weighted by molar-refractivity contribution is 0.481. The first-order valence-electron chi connectivity index (χ1n) is 3.40. The highest BCUT2D eigenvalue weighted by Crippen LogP contribution is 2.23. The first-order chi connectivity index (χ1) is 5.27. The fourth-order valence-corrected chi connectivity index (χ4v) is 1.17. The van der Waals surface area contributed by atoms with Gasteiger partial charge in [0.1, 0.15) is 5.75 Å². The van der Waals surface area contributed by atoms with Crippen molar-refractivity contribution in [2.45, 2.75) is 6.92 Å². The highest BCUT2D eigenvalue weighted by atomic mass is 16.3. The minimum absolute atomic E-state index is 0.286. The second-order valence-electron chi connectivity index (χ2n) is 2.62. The number of H-pyrrole nitrogens is 1. The van der Waals surface area contributed by atoms with Gasteiger partial charge in [-0.25, -0.2) is 0 Å². The summed E-state index contributed by atoms with van der Waals surface area (Å²) in [7, 11) is 0. The van der Waals surface area contributed by atoms with Crippen LogP contribution in [0.5, 0.6) is 5.75 Å². The molecule has 0 aliphatic heterocycles. The molecular formula is C8H8N2O. The predicted octanol–water partition coefficient (Wildman–Crippen LogP) is 1.58. The molecule has 2 N–H and O–H groups in total. The Bertz CT molecular complexity index is 392. The van der Waals surface area contributed by atoms with Crippen molar-refractivity contribution in [2.24, 2.45) is 0 Å². The van der Waals surface area contributed by atoms with Crippen LogP contribution in [0.4, 0.5) is 0 Å². The standard InChI is InChI=1S/C8H8N2O/c1-5-2-7-6(4-9-10-7)8(11)3-5/h2-4,11H,1H3,(H,9,10). The molecule has 0 bridgehead atoms. The van der Waals surface area contributed by atoms with Gasteiger partial charge in [0.05, 0.1) is 17.1 Å². The van der Waals surface area contributed by atoms with Crippen LogP contribution in [0.1, 0.15) is 5.56 Å². The largest absolute Gasteiger partial charge is 0.507 e. The first kappa shape index (κ1) is 6.22. The molecule has 0 aliphatic carbocycles. The molecule has 0 atom stereocenters. The zero-order valence-electron chi connectivity index (χ0n) is 6.13. The van der Waals surface area contributed by atoms with E-state index in [-0.39, 0.29) is 5.75 Å². The zero-order chi connectivity index (χ0) is 7.84. The number of phenolic OH excluding ortho intramolecular Hbond substituents is 1. The minimum atomic E-state index is 0.286. The van der Waals surface area contributed by atoms with Crippen molar-refractivity contribution in [2.75, 3.05) is 0 Å². The molecular weight excluding hydrogens is 140 g/mol. The van der Waals surface area contributed by atoms with Gasteiger partial charge >= 0.3 is 0 Å². The van der Waals surface area contributed by atoms with Crippen molar-refractivity contribution in [3.05, 3.63) is 23.9 Å². The van der Waals surface area contributed by atoms with E-state index in [1.165, 1.54) is 0 Å². The van der Waals surface area contributed by atoms with Crippen molar-refractivity contribution in [3.63, 3.8) is 0 Å². The van der Waals surface area contributed by atoms with E-state index >= 15 is 0 Å². The summed E-state index contributed by atoms with van der Waals surface area (Å²) in [6, 6.07) is 3.67. The summed E-state index contributed by atoms with van der Waals surface area (Å²) in [5, 5.41) is 16.8. The Morgan fingerprint density at radius 3 is 3.09 bits per heavy atom. The van der Waals surface area contributed by atoms with Gasteiger partial charge in [-0.15, -0.1) is 0 Å². The van der Waals surface area contributed by atoms with E-state index in [1.54, 1.807) is 12.3 Å². The second-order valence-corrected chi connectivity index (χ2v) is 2.62. The summed E-state index contributed by atoms with van der Waals surface area (Å²) >= 11 is 0. The summed E-state index contributed by atoms with van der Waals surface area (Å²) in [5.74, 6) is 0.286. The van der Waals surface area contributed by atoms with Crippen molar-refractivity contribution in [1.82, 2.24) is 10.2 Å². The fraction of sp³-hybridized carbons (Fsp3) is 0.125. The van der Waals surface area contributed by atoms with Gasteiger partial charge in [0.2, 0.25) is 0 Å². The summed E-state index contributed by atoms with van der Waals surface area (Å²) in [4.78, 5) is 0. The maximum atomic E-state index is 9.38. The maximum absolute atomic E-state index is 9.38. The molecule has 1 heterocycles. The van der Waals surface area contributed by atoms with Gasteiger partial charge in [-0.1, -0.05) is 0 Å². The summed E-state index contributed by atoms with van der Waals surface area (Å²) in [6.07, 6.45) is 1.62. The van der Waals surface area contributed by atoms with Gasteiger partial charge in [-0.3, -0.25) is 5.10 Å². The average Bonchev–Trinajstić information content (AvgIpc) is 2.34. The molecule has 0 spiro atoms. The number of hydrogen-bond donors (Lipinski definition) is 2. The van der Waals surface area contributed by atoms with E-state index in [0.717, 1.165) is 16.5 Å². The molecule has 3 heteroatoms. The third-order valence-electron chi connectivity index (χ3n) is 1.68. The van der Waals surface area contributed by atoms with Crippen LogP contribution in [0.15, 0.2) is 18.3 Å². The van der Waals surface area contributed by atoms with E-state index < -0.39 is 0 Å². The molecule has 0 radical (unpaired) electrons. The molecule has 1 aromatic heterocycles. The lowest BCUT2D eigenvalue weighted by Gasteiger charge is -1.95. The molecule has 3 nitrogen and oxygen atoms in total. The van der Waals surface area contributed by atoms with Gasteiger partial charge in [-0.05, 0) is 24.6 Å². The van der Waals surface area contributed by atoms with Crippen LogP contribution >= 0.6 is 0 Å². The number of aryl methyl sites for hydroxylation is 1. The Hall–Kier alpha value is -1.51. The lowest BCUT2D eigenvalue weighted by Crippen LogP contribution is -1.73. The molecule has 0 unspecified atom stereocenters. The quantitative estimate of drug-likeness (QED) is 0.595. The Kier molecular flexibility index (Phi) is 1.12. The van der Waals surface area contributed by atoms with Crippen LogP contribution < -0.4 is 0 Å². The number of aromatic hydroxyl groups is 1. The number of aromatic nitrogens is 2. The molecule has 0 aliphatic rings. The van der Waals surface area contributed by atoms with Crippen molar-refractivity contribution < 1.29 is 5.11 Å². The fourth-order valence-electron chi connectivity index (χ4n) is 1.17. The van der Waals surface area contributed by atoms with Crippen LogP contribution in [0.25, 0.3) is 10.9 Å². The highest BCUT2D eigenvalue weighted by Gasteiger charge is 2.00. The SMILES string of the molecule is Cc1cc(O)c2cn[nH]c2c1. The number of nitrogens with zero attached hydrogens (tertiary/aromatic N) is 1. The van der Waals surface area contributed by atoms with Gasteiger partial charge in [0.25, 0.3) is 0 Å². The van der Waals surface area contributed by atoms with Crippen LogP contribution in [0.2, 0.25) is 0 Å². The Morgan fingerprint density at radius 2 is 2.27 bits per heavy atom. The molecule has 0 saturated carbocycles. The molecule has 0 saturated heterocycles. The summed E-state index contributed by atoms with van der Waals surface area (Å²) < 4.78 is 0. The predicted molar refractivity (Wildman–Crippen MR) is 42.5 cm³/mol. The Morgan fingerprint density at radius 1 is 1.45 bits per heavy atom. The minimum Gasteiger partial charge on any atom is -0.507 e. The van der Waals surface area contributed by atoms with Crippen molar-refractivity contribution in [1.29, 1.82) is 0 Å². The monoisotopic (exact) mass is 148 g/mol. The van der Waals surface area contributed by atoms with Gasteiger partial charge < -0.3 is 5.11 Å². The number of fused-ring (bicyclic) bond motifs is 1. The van der Waals surface area contributed by atoms with Crippen molar-refractivity contribution in [3.8, 4) is 5.75 Å². The topological polar surface area (TPSA) is 48.9 Å². The lowest BCUT2D eigenvalue weighted by atomic mass is 10.2. The summed E-state index contributed by atoms with van der Waals surface area (Å²) in [5.41, 5.74) is 1.90. The summed E-state index contributed by atoms with van der Waals surface area (Å²) in [6.45, 7) is 1.93. The zero-order valence-corrected chi connectivity index (χ0v) is 6.13. The third-order valence-corrected chi connectivity index (χ3v) is 1.68. The number of rotatable bonds is 0. The molecule has 56 valence electrons. The molecule has 2 aromatic rings. The first-order valence-corrected chi connectivity index (χ1v) is 3.40. The Balaban J connectivity index is 2.91. The number of aromatic amines is 1. The van der Waals surface area contributed by atoms with E-state index in [2.05, 4.69) is 10.2 Å². The average molecular weight is 148 g/mol. The van der Waals surface area contributed by atoms with Crippen LogP contribution in [-0.2, 0) is 0 Å². The van der Waals surface area contributed by atoms with Gasteiger partial charge in [-0.2, -0.15) is 5.10 Å². The van der Waals surface area contributed by atoms with E-state index in [1.807, 2.05) is 13.0 Å². The van der Waals surface area contributed by atoms with Crippen LogP contribution in [0.3, 0.4) is 0 Å². The van der Waals surface area contributed by atoms with Crippen LogP contribution in [-0.4, -0.2) is 15.3 Å². The van der Waals surface area contributed by atoms with E-state index in [0.29, 0.717) is 0 Å². The maximum Gasteiger partial charge on any atom is 0.126 e. The van der Waals surface area contributed by atoms with E-state index in [9.17, 15) is 5.11 Å².